The van der Waals surface area contributed by atoms with Crippen LogP contribution in [0.15, 0.2) is 30.7 Å². The zero-order valence-electron chi connectivity index (χ0n) is 43.7. The third-order valence-corrected chi connectivity index (χ3v) is 12.0. The number of hydrogen-bond acceptors (Lipinski definition) is 24. The molecule has 0 spiro atoms. The SMILES string of the molecule is CCCCc1nn(-c2nc(-n3nc(CCCC)c(/N=N/c4c(C(=O)OC)c(C)nn4C)c3N)nc(-n3nc(CCCC)c(/N=N/c4c(C(=O)OC)c(C)nn4C)c3N)n2)c(N)c1/N=N/c1nn(C)c(C)c1C(=O)CO. The Labute approximate surface area is 429 Å². The third-order valence-electron chi connectivity index (χ3n) is 12.0. The van der Waals surface area contributed by atoms with Crippen molar-refractivity contribution in [3.05, 3.63) is 50.9 Å². The van der Waals surface area contributed by atoms with Gasteiger partial charge in [-0.3, -0.25) is 9.48 Å². The number of aromatic nitrogens is 15. The highest BCUT2D eigenvalue weighted by molar-refractivity contribution is 6.01. The van der Waals surface area contributed by atoms with Gasteiger partial charge in [-0.15, -0.1) is 30.7 Å². The number of carbonyl (C=O) groups is 3. The number of nitrogens with zero attached hydrogens (tertiary/aromatic N) is 21. The molecule has 0 amide bonds. The number of carbonyl (C=O) groups excluding carboxylic acids is 3. The summed E-state index contributed by atoms with van der Waals surface area (Å²) in [6, 6.07) is 0. The Bertz CT molecular complexity index is 3230. The van der Waals surface area contributed by atoms with Gasteiger partial charge < -0.3 is 31.8 Å². The van der Waals surface area contributed by atoms with Crippen molar-refractivity contribution in [3.8, 4) is 17.8 Å². The van der Waals surface area contributed by atoms with E-state index in [2.05, 4.69) is 46.0 Å². The molecule has 0 bridgehead atoms. The number of methoxy groups -OCH3 is 2. The number of ether oxygens (including phenoxy) is 2. The number of unbranched alkanes of at least 4 members (excludes halogenated alkanes) is 3. The Balaban J connectivity index is 1.47. The largest absolute Gasteiger partial charge is 0.465 e. The molecule has 0 fully saturated rings. The number of aryl methyl sites for hydroxylation is 8. The zero-order chi connectivity index (χ0) is 54.4. The highest BCUT2D eigenvalue weighted by atomic mass is 16.5. The van der Waals surface area contributed by atoms with Crippen molar-refractivity contribution < 1.29 is 29.0 Å². The predicted molar refractivity (Wildman–Crippen MR) is 271 cm³/mol. The van der Waals surface area contributed by atoms with E-state index in [0.717, 1.165) is 19.3 Å². The molecule has 0 saturated heterocycles. The number of aliphatic hydroxyl groups excluding tert-OH is 1. The fraction of sp³-hybridized carbons (Fsp3) is 0.467. The van der Waals surface area contributed by atoms with Crippen molar-refractivity contribution in [3.63, 3.8) is 0 Å². The zero-order valence-corrected chi connectivity index (χ0v) is 43.7. The fourth-order valence-corrected chi connectivity index (χ4v) is 7.92. The number of ketones is 1. The highest BCUT2D eigenvalue weighted by Crippen LogP contribution is 2.37. The normalized spacial score (nSPS) is 11.9. The van der Waals surface area contributed by atoms with Crippen molar-refractivity contribution in [2.75, 3.05) is 38.0 Å². The number of hydrogen-bond donors (Lipinski definition) is 4. The minimum Gasteiger partial charge on any atom is -0.465 e. The van der Waals surface area contributed by atoms with Gasteiger partial charge in [0.2, 0.25) is 5.82 Å². The maximum absolute atomic E-state index is 12.8. The molecule has 75 heavy (non-hydrogen) atoms. The van der Waals surface area contributed by atoms with Crippen molar-refractivity contribution in [2.24, 2.45) is 51.8 Å². The maximum Gasteiger partial charge on any atom is 0.343 e. The molecule has 7 aromatic heterocycles. The van der Waals surface area contributed by atoms with E-state index >= 15 is 0 Å². The lowest BCUT2D eigenvalue weighted by molar-refractivity contribution is 0.0591. The number of anilines is 3. The van der Waals surface area contributed by atoms with Gasteiger partial charge in [-0.05, 0) is 59.3 Å². The van der Waals surface area contributed by atoms with Crippen LogP contribution in [0.25, 0.3) is 17.8 Å². The first-order valence-electron chi connectivity index (χ1n) is 24.0. The number of rotatable bonds is 22. The molecule has 7 rings (SSSR count). The molecular weight excluding hydrogens is 973 g/mol. The van der Waals surface area contributed by atoms with Crippen LogP contribution >= 0.6 is 0 Å². The minimum atomic E-state index is -0.766. The Kier molecular flexibility index (Phi) is 16.4. The Morgan fingerprint density at radius 3 is 1.21 bits per heavy atom. The van der Waals surface area contributed by atoms with Crippen LogP contribution in [-0.4, -0.2) is 117 Å². The lowest BCUT2D eigenvalue weighted by Crippen LogP contribution is -2.17. The van der Waals surface area contributed by atoms with Crippen LogP contribution in [0.3, 0.4) is 0 Å². The van der Waals surface area contributed by atoms with Crippen molar-refractivity contribution in [2.45, 2.75) is 99.3 Å². The summed E-state index contributed by atoms with van der Waals surface area (Å²) < 4.78 is 18.0. The molecule has 396 valence electrons. The van der Waals surface area contributed by atoms with Gasteiger partial charge in [-0.1, -0.05) is 40.0 Å². The standard InChI is InChI=1S/C45H60N24O6/c1-12-15-18-25-32(52-55-38-31(28(71)21-70)24(6)64(7)63-38)35(46)67(60-25)43-49-44(68-36(47)33(26(61-68)19-16-13-2)53-56-39-29(41(72)74-10)22(4)58-65(39)8)51-45(50-43)69-37(48)34(27(62-69)20-17-14-3)54-57-40-30(42(73)75-11)23(5)59-66(40)9/h70H,12-21,46-48H2,1-11H3/b55-52+,56-53+,57-54+. The van der Waals surface area contributed by atoms with E-state index in [-0.39, 0.29) is 86.5 Å². The number of aliphatic hydroxyl groups is 1. The quantitative estimate of drug-likeness (QED) is 0.0327. The lowest BCUT2D eigenvalue weighted by atomic mass is 10.1. The molecule has 30 heteroatoms. The molecule has 0 atom stereocenters. The third kappa shape index (κ3) is 10.6. The summed E-state index contributed by atoms with van der Waals surface area (Å²) in [5.41, 5.74) is 24.1. The van der Waals surface area contributed by atoms with Crippen LogP contribution in [0.5, 0.6) is 0 Å². The summed E-state index contributed by atoms with van der Waals surface area (Å²) in [6.45, 7) is 10.2. The second-order valence-corrected chi connectivity index (χ2v) is 17.2. The molecule has 0 aliphatic carbocycles. The Morgan fingerprint density at radius 1 is 0.520 bits per heavy atom. The molecule has 7 aromatic rings. The lowest BCUT2D eigenvalue weighted by Gasteiger charge is -2.10. The van der Waals surface area contributed by atoms with Crippen LogP contribution in [0.4, 0.5) is 52.0 Å². The molecular formula is C45H60N24O6. The predicted octanol–water partition coefficient (Wildman–Crippen LogP) is 6.32. The Morgan fingerprint density at radius 2 is 0.880 bits per heavy atom. The Hall–Kier alpha value is -8.96. The van der Waals surface area contributed by atoms with Crippen LogP contribution in [0.2, 0.25) is 0 Å². The molecule has 0 aliphatic heterocycles. The molecule has 7 N–H and O–H groups in total. The number of nitrogens with two attached hydrogens (primary N) is 3. The van der Waals surface area contributed by atoms with E-state index in [4.69, 9.17) is 56.9 Å². The van der Waals surface area contributed by atoms with E-state index in [1.54, 1.807) is 41.9 Å². The highest BCUT2D eigenvalue weighted by Gasteiger charge is 2.29. The van der Waals surface area contributed by atoms with Gasteiger partial charge in [0, 0.05) is 26.8 Å². The summed E-state index contributed by atoms with van der Waals surface area (Å²) in [6.07, 6.45) is 5.59. The first kappa shape index (κ1) is 53.8. The molecule has 0 radical (unpaired) electrons. The topological polar surface area (TPSA) is 388 Å². The average molecular weight is 1030 g/mol. The van der Waals surface area contributed by atoms with Crippen molar-refractivity contribution in [1.29, 1.82) is 0 Å². The first-order chi connectivity index (χ1) is 35.9. The molecule has 30 nitrogen and oxygen atoms in total. The van der Waals surface area contributed by atoms with Gasteiger partial charge in [-0.25, -0.2) is 19.0 Å². The van der Waals surface area contributed by atoms with E-state index in [9.17, 15) is 19.5 Å². The summed E-state index contributed by atoms with van der Waals surface area (Å²) in [5, 5.41) is 64.1. The minimum absolute atomic E-state index is 0.0329. The number of azo groups is 3. The van der Waals surface area contributed by atoms with E-state index < -0.39 is 24.3 Å². The van der Waals surface area contributed by atoms with Crippen LogP contribution in [0.1, 0.15) is 125 Å². The smallest absolute Gasteiger partial charge is 0.343 e. The summed E-state index contributed by atoms with van der Waals surface area (Å²) in [4.78, 5) is 52.9. The number of nitrogen functional groups attached to an aromatic ring is 3. The second-order valence-electron chi connectivity index (χ2n) is 17.2. The van der Waals surface area contributed by atoms with Crippen LogP contribution in [0, 0.1) is 20.8 Å². The fourth-order valence-electron chi connectivity index (χ4n) is 7.92. The van der Waals surface area contributed by atoms with Gasteiger partial charge in [-0.2, -0.15) is 59.6 Å². The van der Waals surface area contributed by atoms with E-state index in [1.807, 2.05) is 20.8 Å². The van der Waals surface area contributed by atoms with E-state index in [1.165, 1.54) is 42.3 Å². The molecule has 0 unspecified atom stereocenters. The molecule has 0 aromatic carbocycles. The summed E-state index contributed by atoms with van der Waals surface area (Å²) >= 11 is 0. The van der Waals surface area contributed by atoms with Gasteiger partial charge in [0.05, 0.1) is 48.3 Å². The van der Waals surface area contributed by atoms with Crippen molar-refractivity contribution in [1.82, 2.24) is 73.6 Å². The summed E-state index contributed by atoms with van der Waals surface area (Å²) in [7, 11) is 7.38. The number of esters is 2. The number of Topliss-reactive ketones (excluding diaryl/α,β-unsaturated/α-hetero) is 1. The van der Waals surface area contributed by atoms with Gasteiger partial charge in [0.15, 0.2) is 51.9 Å². The van der Waals surface area contributed by atoms with Crippen LogP contribution < -0.4 is 17.2 Å². The molecule has 0 aliphatic rings. The monoisotopic (exact) mass is 1030 g/mol. The van der Waals surface area contributed by atoms with Crippen molar-refractivity contribution >= 4 is 69.7 Å². The van der Waals surface area contributed by atoms with Gasteiger partial charge in [0.25, 0.3) is 17.8 Å². The second kappa shape index (κ2) is 22.9. The average Bonchev–Trinajstić information content (AvgIpc) is 4.20. The molecule has 0 saturated carbocycles. The maximum atomic E-state index is 12.8. The molecule has 7 heterocycles. The van der Waals surface area contributed by atoms with Gasteiger partial charge in [0.1, 0.15) is 17.7 Å². The summed E-state index contributed by atoms with van der Waals surface area (Å²) in [5.74, 6) is -2.33. The van der Waals surface area contributed by atoms with E-state index in [0.29, 0.717) is 72.7 Å². The first-order valence-corrected chi connectivity index (χ1v) is 24.0. The van der Waals surface area contributed by atoms with Gasteiger partial charge >= 0.3 is 11.9 Å². The van der Waals surface area contributed by atoms with Crippen LogP contribution in [-0.2, 0) is 49.9 Å².